The van der Waals surface area contributed by atoms with Gasteiger partial charge >= 0.3 is 0 Å². The lowest BCUT2D eigenvalue weighted by atomic mass is 9.91. The zero-order chi connectivity index (χ0) is 16.2. The van der Waals surface area contributed by atoms with Crippen LogP contribution in [0.1, 0.15) is 27.2 Å². The number of nitrogens with two attached hydrogens (primary N) is 2. The van der Waals surface area contributed by atoms with Crippen LogP contribution in [0.2, 0.25) is 0 Å². The third kappa shape index (κ3) is 3.79. The van der Waals surface area contributed by atoms with Crippen molar-refractivity contribution in [3.05, 3.63) is 0 Å². The van der Waals surface area contributed by atoms with Gasteiger partial charge in [-0.3, -0.25) is 14.7 Å². The number of amides is 1. The number of aromatic amines is 1. The standard InChI is InChI=1S/C11H20N8OS/c1-5-7(14-6(2)12)8(21)11(3,13)9(20)19(4)10-15-17-18-16-10/h7H,5,13H2,1-4H3,(H2,12,14)(H,15,16,17,18). The van der Waals surface area contributed by atoms with E-state index in [1.54, 1.807) is 6.92 Å². The molecular weight excluding hydrogens is 292 g/mol. The van der Waals surface area contributed by atoms with Crippen molar-refractivity contribution in [3.63, 3.8) is 0 Å². The molecule has 1 heterocycles. The summed E-state index contributed by atoms with van der Waals surface area (Å²) in [7, 11) is 1.50. The molecule has 2 unspecified atom stereocenters. The summed E-state index contributed by atoms with van der Waals surface area (Å²) in [6, 6.07) is -0.400. The number of carbonyl (C=O) groups excluding carboxylic acids is 1. The molecule has 10 heteroatoms. The topological polar surface area (TPSA) is 139 Å². The third-order valence-electron chi connectivity index (χ3n) is 2.94. The molecule has 21 heavy (non-hydrogen) atoms. The normalized spacial score (nSPS) is 16.1. The average molecular weight is 312 g/mol. The number of thiocarbonyl (C=S) groups is 1. The van der Waals surface area contributed by atoms with Gasteiger partial charge in [0.1, 0.15) is 5.54 Å². The number of tetrazole rings is 1. The second-order valence-corrected chi connectivity index (χ2v) is 5.28. The van der Waals surface area contributed by atoms with Gasteiger partial charge in [0.2, 0.25) is 0 Å². The van der Waals surface area contributed by atoms with Gasteiger partial charge in [0.05, 0.1) is 11.9 Å². The van der Waals surface area contributed by atoms with E-state index >= 15 is 0 Å². The minimum Gasteiger partial charge on any atom is -0.388 e. The highest BCUT2D eigenvalue weighted by Crippen LogP contribution is 2.17. The summed E-state index contributed by atoms with van der Waals surface area (Å²) < 4.78 is 0. The Hall–Kier alpha value is -1.94. The van der Waals surface area contributed by atoms with E-state index in [2.05, 4.69) is 25.6 Å². The largest absolute Gasteiger partial charge is 0.388 e. The fourth-order valence-electron chi connectivity index (χ4n) is 1.77. The van der Waals surface area contributed by atoms with Crippen molar-refractivity contribution in [3.8, 4) is 0 Å². The Kier molecular flexibility index (Phi) is 5.44. The van der Waals surface area contributed by atoms with Gasteiger partial charge in [0.15, 0.2) is 0 Å². The van der Waals surface area contributed by atoms with E-state index in [0.717, 1.165) is 0 Å². The van der Waals surface area contributed by atoms with Crippen LogP contribution in [0.3, 0.4) is 0 Å². The van der Waals surface area contributed by atoms with E-state index in [-0.39, 0.29) is 5.95 Å². The van der Waals surface area contributed by atoms with Crippen molar-refractivity contribution in [2.45, 2.75) is 38.8 Å². The Morgan fingerprint density at radius 2 is 2.24 bits per heavy atom. The van der Waals surface area contributed by atoms with E-state index in [4.69, 9.17) is 23.7 Å². The molecule has 0 saturated carbocycles. The first kappa shape index (κ1) is 17.1. The van der Waals surface area contributed by atoms with E-state index in [0.29, 0.717) is 17.1 Å². The highest BCUT2D eigenvalue weighted by atomic mass is 32.1. The number of hydrogen-bond donors (Lipinski definition) is 3. The summed E-state index contributed by atoms with van der Waals surface area (Å²) in [5, 5.41) is 13.1. The summed E-state index contributed by atoms with van der Waals surface area (Å²) in [5.74, 6) is 0.0576. The van der Waals surface area contributed by atoms with Crippen molar-refractivity contribution in [2.75, 3.05) is 11.9 Å². The smallest absolute Gasteiger partial charge is 0.272 e. The van der Waals surface area contributed by atoms with Gasteiger partial charge < -0.3 is 11.5 Å². The first-order chi connectivity index (χ1) is 9.71. The van der Waals surface area contributed by atoms with Gasteiger partial charge in [-0.05, 0) is 25.5 Å². The number of H-pyrrole nitrogens is 1. The summed E-state index contributed by atoms with van der Waals surface area (Å²) in [6.07, 6.45) is 0.597. The van der Waals surface area contributed by atoms with Gasteiger partial charge in [-0.25, -0.2) is 0 Å². The van der Waals surface area contributed by atoms with Crippen LogP contribution < -0.4 is 16.4 Å². The van der Waals surface area contributed by atoms with Crippen molar-refractivity contribution in [1.82, 2.24) is 20.6 Å². The maximum atomic E-state index is 12.5. The minimum absolute atomic E-state index is 0.117. The molecule has 5 N–H and O–H groups in total. The molecule has 116 valence electrons. The van der Waals surface area contributed by atoms with Gasteiger partial charge in [-0.1, -0.05) is 24.2 Å². The summed E-state index contributed by atoms with van der Waals surface area (Å²) in [5.41, 5.74) is 10.3. The molecule has 9 nitrogen and oxygen atoms in total. The monoisotopic (exact) mass is 312 g/mol. The Balaban J connectivity index is 3.00. The molecule has 0 saturated heterocycles. The number of nitrogens with zero attached hydrogens (tertiary/aromatic N) is 5. The van der Waals surface area contributed by atoms with Crippen LogP contribution >= 0.6 is 12.2 Å². The number of hydrogen-bond acceptors (Lipinski definition) is 7. The Morgan fingerprint density at radius 1 is 1.62 bits per heavy atom. The highest BCUT2D eigenvalue weighted by Gasteiger charge is 2.40. The first-order valence-electron chi connectivity index (χ1n) is 6.36. The molecule has 0 radical (unpaired) electrons. The number of aliphatic imine (C=N–C) groups is 1. The molecule has 1 aromatic heterocycles. The molecule has 1 rings (SSSR count). The third-order valence-corrected chi connectivity index (χ3v) is 3.64. The van der Waals surface area contributed by atoms with Crippen molar-refractivity contribution in [1.29, 1.82) is 0 Å². The number of nitrogens with one attached hydrogen (secondary N) is 1. The Labute approximate surface area is 128 Å². The van der Waals surface area contributed by atoms with Crippen LogP contribution in [0.5, 0.6) is 0 Å². The zero-order valence-electron chi connectivity index (χ0n) is 12.5. The molecule has 1 aromatic rings. The van der Waals surface area contributed by atoms with E-state index in [1.165, 1.54) is 18.9 Å². The maximum absolute atomic E-state index is 12.5. The van der Waals surface area contributed by atoms with Crippen LogP contribution in [0.4, 0.5) is 5.95 Å². The summed E-state index contributed by atoms with van der Waals surface area (Å²) >= 11 is 5.35. The molecule has 0 aliphatic carbocycles. The van der Waals surface area contributed by atoms with Gasteiger partial charge in [-0.15, -0.1) is 5.10 Å². The number of likely N-dealkylation sites (N-methyl/N-ethyl adjacent to an activating group) is 1. The Bertz CT molecular complexity index is 534. The highest BCUT2D eigenvalue weighted by molar-refractivity contribution is 7.80. The summed E-state index contributed by atoms with van der Waals surface area (Å²) in [6.45, 7) is 5.09. The first-order valence-corrected chi connectivity index (χ1v) is 6.77. The average Bonchev–Trinajstić information content (AvgIpc) is 2.96. The van der Waals surface area contributed by atoms with E-state index < -0.39 is 17.5 Å². The summed E-state index contributed by atoms with van der Waals surface area (Å²) in [4.78, 5) is 18.3. The van der Waals surface area contributed by atoms with Crippen LogP contribution in [-0.4, -0.2) is 55.9 Å². The number of carbonyl (C=O) groups is 1. The molecule has 0 aliphatic rings. The predicted octanol–water partition coefficient (Wildman–Crippen LogP) is -0.594. The lowest BCUT2D eigenvalue weighted by Gasteiger charge is -2.30. The van der Waals surface area contributed by atoms with Crippen LogP contribution in [-0.2, 0) is 4.79 Å². The molecule has 1 amide bonds. The van der Waals surface area contributed by atoms with E-state index in [1.807, 2.05) is 6.92 Å². The fraction of sp³-hybridized carbons (Fsp3) is 0.636. The Morgan fingerprint density at radius 3 is 2.67 bits per heavy atom. The lowest BCUT2D eigenvalue weighted by Crippen LogP contribution is -2.60. The van der Waals surface area contributed by atoms with E-state index in [9.17, 15) is 4.79 Å². The quantitative estimate of drug-likeness (QED) is 0.362. The van der Waals surface area contributed by atoms with Gasteiger partial charge in [0.25, 0.3) is 11.9 Å². The molecule has 0 aromatic carbocycles. The molecule has 2 atom stereocenters. The van der Waals surface area contributed by atoms with Gasteiger partial charge in [-0.2, -0.15) is 5.21 Å². The second kappa shape index (κ2) is 6.68. The van der Waals surface area contributed by atoms with Crippen LogP contribution in [0.15, 0.2) is 4.99 Å². The molecule has 0 fully saturated rings. The molecule has 0 spiro atoms. The van der Waals surface area contributed by atoms with Crippen LogP contribution in [0, 0.1) is 0 Å². The van der Waals surface area contributed by atoms with Crippen molar-refractivity contribution < 1.29 is 4.79 Å². The molecular formula is C11H20N8OS. The zero-order valence-corrected chi connectivity index (χ0v) is 13.3. The van der Waals surface area contributed by atoms with Crippen molar-refractivity contribution in [2.24, 2.45) is 16.5 Å². The maximum Gasteiger partial charge on any atom is 0.272 e. The SMILES string of the molecule is CCC(N=C(C)N)C(=S)C(C)(N)C(=O)N(C)c1nn[nH]n1. The van der Waals surface area contributed by atoms with Crippen LogP contribution in [0.25, 0.3) is 0 Å². The minimum atomic E-state index is -1.40. The number of amidine groups is 1. The van der Waals surface area contributed by atoms with Gasteiger partial charge in [0, 0.05) is 11.9 Å². The second-order valence-electron chi connectivity index (χ2n) is 4.84. The number of rotatable bonds is 6. The molecule has 0 bridgehead atoms. The predicted molar refractivity (Wildman–Crippen MR) is 84.2 cm³/mol. The lowest BCUT2D eigenvalue weighted by molar-refractivity contribution is -0.120. The fourth-order valence-corrected chi connectivity index (χ4v) is 2.08. The number of aromatic nitrogens is 4. The molecule has 0 aliphatic heterocycles. The van der Waals surface area contributed by atoms with Crippen molar-refractivity contribution >= 4 is 34.8 Å². The number of anilines is 1.